The maximum atomic E-state index is 13.0. The number of hydrogen-bond acceptors (Lipinski definition) is 5. The average molecular weight is 386 g/mol. The Morgan fingerprint density at radius 2 is 1.34 bits per heavy atom. The van der Waals surface area contributed by atoms with E-state index >= 15 is 0 Å². The Bertz CT molecular complexity index is 1210. The van der Waals surface area contributed by atoms with Gasteiger partial charge in [0.2, 0.25) is 0 Å². The molecule has 1 saturated heterocycles. The largest absolute Gasteiger partial charge is 0.459 e. The molecule has 1 aliphatic rings. The van der Waals surface area contributed by atoms with E-state index in [1.807, 2.05) is 30.3 Å². The number of furan rings is 1. The first-order valence-corrected chi connectivity index (χ1v) is 9.48. The van der Waals surface area contributed by atoms with Gasteiger partial charge in [-0.2, -0.15) is 0 Å². The standard InChI is InChI=1S/C22H18N4O3/c27-21(25-9-11-26(12-10-25)22(28)20-6-3-13-29-20)15-7-8-18-19(14-15)24-17-5-2-1-4-16(17)23-18/h1-8,13-14H,9-12H2. The molecule has 0 bridgehead atoms. The highest BCUT2D eigenvalue weighted by atomic mass is 16.3. The highest BCUT2D eigenvalue weighted by molar-refractivity contribution is 5.98. The van der Waals surface area contributed by atoms with E-state index in [9.17, 15) is 9.59 Å². The summed E-state index contributed by atoms with van der Waals surface area (Å²) in [5.74, 6) is 0.118. The van der Waals surface area contributed by atoms with Gasteiger partial charge in [0.25, 0.3) is 11.8 Å². The zero-order valence-electron chi connectivity index (χ0n) is 15.6. The van der Waals surface area contributed by atoms with Crippen LogP contribution in [0.1, 0.15) is 20.9 Å². The molecule has 7 heteroatoms. The Morgan fingerprint density at radius 1 is 0.724 bits per heavy atom. The number of carbonyl (C=O) groups is 2. The van der Waals surface area contributed by atoms with Crippen LogP contribution in [-0.4, -0.2) is 57.8 Å². The zero-order chi connectivity index (χ0) is 19.8. The normalized spacial score (nSPS) is 14.5. The number of piperazine rings is 1. The molecule has 29 heavy (non-hydrogen) atoms. The van der Waals surface area contributed by atoms with Gasteiger partial charge in [-0.3, -0.25) is 9.59 Å². The number of benzene rings is 2. The summed E-state index contributed by atoms with van der Waals surface area (Å²) in [6.45, 7) is 1.91. The molecule has 2 aromatic carbocycles. The van der Waals surface area contributed by atoms with Gasteiger partial charge in [-0.25, -0.2) is 9.97 Å². The smallest absolute Gasteiger partial charge is 0.289 e. The molecule has 3 heterocycles. The molecule has 0 N–H and O–H groups in total. The lowest BCUT2D eigenvalue weighted by Gasteiger charge is -2.34. The summed E-state index contributed by atoms with van der Waals surface area (Å²) < 4.78 is 5.18. The first kappa shape index (κ1) is 17.4. The molecule has 0 atom stereocenters. The summed E-state index contributed by atoms with van der Waals surface area (Å²) in [6.07, 6.45) is 1.48. The number of rotatable bonds is 2. The van der Waals surface area contributed by atoms with Gasteiger partial charge in [0.05, 0.1) is 28.3 Å². The SMILES string of the molecule is O=C(c1ccc2nc3ccccc3nc2c1)N1CCN(C(=O)c2ccco2)CC1. The van der Waals surface area contributed by atoms with Gasteiger partial charge < -0.3 is 14.2 Å². The van der Waals surface area contributed by atoms with Crippen molar-refractivity contribution in [2.24, 2.45) is 0 Å². The van der Waals surface area contributed by atoms with Gasteiger partial charge in [0.15, 0.2) is 5.76 Å². The third-order valence-electron chi connectivity index (χ3n) is 5.17. The van der Waals surface area contributed by atoms with E-state index in [0.717, 1.165) is 16.6 Å². The quantitative estimate of drug-likeness (QED) is 0.495. The van der Waals surface area contributed by atoms with Crippen LogP contribution in [0, 0.1) is 0 Å². The highest BCUT2D eigenvalue weighted by Gasteiger charge is 2.26. The van der Waals surface area contributed by atoms with Crippen LogP contribution < -0.4 is 0 Å². The number of hydrogen-bond donors (Lipinski definition) is 0. The van der Waals surface area contributed by atoms with Crippen molar-refractivity contribution >= 4 is 33.9 Å². The maximum Gasteiger partial charge on any atom is 0.289 e. The van der Waals surface area contributed by atoms with Crippen LogP contribution in [0.2, 0.25) is 0 Å². The van der Waals surface area contributed by atoms with Crippen molar-refractivity contribution in [1.29, 1.82) is 0 Å². The molecule has 2 amide bonds. The van der Waals surface area contributed by atoms with Crippen LogP contribution in [0.4, 0.5) is 0 Å². The molecule has 4 aromatic rings. The van der Waals surface area contributed by atoms with Crippen molar-refractivity contribution in [3.8, 4) is 0 Å². The fourth-order valence-electron chi connectivity index (χ4n) is 3.60. The van der Waals surface area contributed by atoms with E-state index in [-0.39, 0.29) is 11.8 Å². The van der Waals surface area contributed by atoms with Gasteiger partial charge in [-0.15, -0.1) is 0 Å². The lowest BCUT2D eigenvalue weighted by molar-refractivity contribution is 0.0518. The van der Waals surface area contributed by atoms with Crippen molar-refractivity contribution < 1.29 is 14.0 Å². The minimum atomic E-state index is -0.144. The van der Waals surface area contributed by atoms with Crippen LogP contribution in [0.25, 0.3) is 22.1 Å². The monoisotopic (exact) mass is 386 g/mol. The van der Waals surface area contributed by atoms with Crippen molar-refractivity contribution in [1.82, 2.24) is 19.8 Å². The van der Waals surface area contributed by atoms with Crippen molar-refractivity contribution in [3.05, 3.63) is 72.2 Å². The van der Waals surface area contributed by atoms with Gasteiger partial charge in [0, 0.05) is 31.7 Å². The Morgan fingerprint density at radius 3 is 2.00 bits per heavy atom. The molecule has 2 aromatic heterocycles. The van der Waals surface area contributed by atoms with Crippen LogP contribution in [0.3, 0.4) is 0 Å². The molecule has 7 nitrogen and oxygen atoms in total. The van der Waals surface area contributed by atoms with Gasteiger partial charge in [-0.1, -0.05) is 12.1 Å². The fraction of sp³-hybridized carbons (Fsp3) is 0.182. The highest BCUT2D eigenvalue weighted by Crippen LogP contribution is 2.19. The van der Waals surface area contributed by atoms with E-state index < -0.39 is 0 Å². The molecule has 0 aliphatic carbocycles. The molecular formula is C22H18N4O3. The number of fused-ring (bicyclic) bond motifs is 2. The first-order valence-electron chi connectivity index (χ1n) is 9.48. The molecule has 5 rings (SSSR count). The summed E-state index contributed by atoms with van der Waals surface area (Å²) in [5.41, 5.74) is 3.66. The molecule has 144 valence electrons. The zero-order valence-corrected chi connectivity index (χ0v) is 15.6. The van der Waals surface area contributed by atoms with E-state index in [1.54, 1.807) is 34.1 Å². The third kappa shape index (κ3) is 3.20. The van der Waals surface area contributed by atoms with Gasteiger partial charge in [-0.05, 0) is 42.5 Å². The Labute approximate surface area is 166 Å². The maximum absolute atomic E-state index is 13.0. The topological polar surface area (TPSA) is 79.5 Å². The minimum absolute atomic E-state index is 0.0630. The first-order chi connectivity index (χ1) is 14.2. The van der Waals surface area contributed by atoms with Crippen molar-refractivity contribution in [2.45, 2.75) is 0 Å². The third-order valence-corrected chi connectivity index (χ3v) is 5.17. The van der Waals surface area contributed by atoms with Gasteiger partial charge in [0.1, 0.15) is 0 Å². The summed E-state index contributed by atoms with van der Waals surface area (Å²) in [5, 5.41) is 0. The van der Waals surface area contributed by atoms with Crippen molar-refractivity contribution in [3.63, 3.8) is 0 Å². The summed E-state index contributed by atoms with van der Waals surface area (Å²) in [4.78, 5) is 38.1. The fourth-order valence-corrected chi connectivity index (χ4v) is 3.60. The average Bonchev–Trinajstić information content (AvgIpc) is 3.31. The second-order valence-corrected chi connectivity index (χ2v) is 6.98. The summed E-state index contributed by atoms with van der Waals surface area (Å²) in [6, 6.07) is 16.4. The summed E-state index contributed by atoms with van der Waals surface area (Å²) >= 11 is 0. The molecule has 1 fully saturated rings. The number of nitrogens with zero attached hydrogens (tertiary/aromatic N) is 4. The Balaban J connectivity index is 1.33. The molecule has 0 spiro atoms. The van der Waals surface area contributed by atoms with E-state index in [4.69, 9.17) is 4.42 Å². The lowest BCUT2D eigenvalue weighted by Crippen LogP contribution is -2.50. The predicted molar refractivity (Wildman–Crippen MR) is 108 cm³/mol. The minimum Gasteiger partial charge on any atom is -0.459 e. The molecule has 0 saturated carbocycles. The Hall–Kier alpha value is -3.74. The van der Waals surface area contributed by atoms with E-state index in [1.165, 1.54) is 6.26 Å². The van der Waals surface area contributed by atoms with Crippen LogP contribution >= 0.6 is 0 Å². The molecule has 1 aliphatic heterocycles. The van der Waals surface area contributed by atoms with Gasteiger partial charge >= 0.3 is 0 Å². The number of para-hydroxylation sites is 2. The Kier molecular flexibility index (Phi) is 4.20. The molecular weight excluding hydrogens is 368 g/mol. The number of aromatic nitrogens is 2. The van der Waals surface area contributed by atoms with Crippen LogP contribution in [0.5, 0.6) is 0 Å². The number of amides is 2. The van der Waals surface area contributed by atoms with E-state index in [2.05, 4.69) is 9.97 Å². The summed E-state index contributed by atoms with van der Waals surface area (Å²) in [7, 11) is 0. The van der Waals surface area contributed by atoms with E-state index in [0.29, 0.717) is 43.0 Å². The molecule has 0 radical (unpaired) electrons. The second-order valence-electron chi connectivity index (χ2n) is 6.98. The second kappa shape index (κ2) is 7.01. The predicted octanol–water partition coefficient (Wildman–Crippen LogP) is 2.97. The van der Waals surface area contributed by atoms with Crippen LogP contribution in [0.15, 0.2) is 65.3 Å². The number of carbonyl (C=O) groups excluding carboxylic acids is 2. The lowest BCUT2D eigenvalue weighted by atomic mass is 10.1. The van der Waals surface area contributed by atoms with Crippen LogP contribution in [-0.2, 0) is 0 Å². The van der Waals surface area contributed by atoms with Crippen molar-refractivity contribution in [2.75, 3.05) is 26.2 Å². The molecule has 0 unspecified atom stereocenters.